The van der Waals surface area contributed by atoms with E-state index in [9.17, 15) is 9.18 Å². The number of rotatable bonds is 2. The Balaban J connectivity index is 1.85. The Morgan fingerprint density at radius 2 is 1.88 bits per heavy atom. The van der Waals surface area contributed by atoms with E-state index in [1.165, 1.54) is 6.07 Å². The van der Waals surface area contributed by atoms with Crippen molar-refractivity contribution < 1.29 is 9.18 Å². The minimum Gasteiger partial charge on any atom is -0.290 e. The number of nitrogens with zero attached hydrogens (tertiary/aromatic N) is 2. The zero-order valence-electron chi connectivity index (χ0n) is 12.8. The molecule has 2 saturated heterocycles. The molecule has 0 unspecified atom stereocenters. The van der Waals surface area contributed by atoms with Gasteiger partial charge in [-0.25, -0.2) is 4.39 Å². The fourth-order valence-electron chi connectivity index (χ4n) is 3.68. The van der Waals surface area contributed by atoms with Crippen molar-refractivity contribution in [2.75, 3.05) is 11.4 Å². The predicted octanol–water partition coefficient (Wildman–Crippen LogP) is 4.64. The maximum atomic E-state index is 14.4. The van der Waals surface area contributed by atoms with Crippen molar-refractivity contribution in [1.82, 2.24) is 4.90 Å². The fourth-order valence-corrected chi connectivity index (χ4v) is 3.97. The van der Waals surface area contributed by atoms with Crippen LogP contribution in [-0.2, 0) is 4.79 Å². The first-order valence-corrected chi connectivity index (χ1v) is 8.62. The van der Waals surface area contributed by atoms with Gasteiger partial charge in [-0.3, -0.25) is 14.6 Å². The van der Waals surface area contributed by atoms with E-state index in [1.807, 2.05) is 0 Å². The molecule has 6 heteroatoms. The first kappa shape index (κ1) is 15.9. The van der Waals surface area contributed by atoms with Crippen molar-refractivity contribution in [3.05, 3.63) is 63.9 Å². The van der Waals surface area contributed by atoms with Crippen molar-refractivity contribution in [3.63, 3.8) is 0 Å². The normalized spacial score (nSPS) is 23.8. The first-order valence-electron chi connectivity index (χ1n) is 7.86. The zero-order valence-corrected chi connectivity index (χ0v) is 14.3. The molecule has 2 aliphatic heterocycles. The van der Waals surface area contributed by atoms with E-state index < -0.39 is 6.17 Å². The molecular weight excluding hydrogens is 350 g/mol. The molecule has 2 atom stereocenters. The predicted molar refractivity (Wildman–Crippen MR) is 92.8 cm³/mol. The molecule has 2 aromatic carbocycles. The molecule has 0 N–H and O–H groups in total. The third-order valence-electron chi connectivity index (χ3n) is 4.74. The van der Waals surface area contributed by atoms with Crippen molar-refractivity contribution >= 4 is 34.8 Å². The van der Waals surface area contributed by atoms with Gasteiger partial charge in [-0.1, -0.05) is 41.4 Å². The molecule has 0 aliphatic carbocycles. The van der Waals surface area contributed by atoms with Crippen LogP contribution in [-0.4, -0.2) is 23.4 Å². The van der Waals surface area contributed by atoms with Crippen molar-refractivity contribution in [3.8, 4) is 0 Å². The molecule has 2 aliphatic rings. The minimum atomic E-state index is -0.455. The maximum Gasteiger partial charge on any atom is 0.246 e. The molecule has 4 rings (SSSR count). The third kappa shape index (κ3) is 2.41. The van der Waals surface area contributed by atoms with Crippen LogP contribution in [0.25, 0.3) is 0 Å². The second-order valence-corrected chi connectivity index (χ2v) is 6.91. The first-order chi connectivity index (χ1) is 11.6. The zero-order chi connectivity index (χ0) is 16.8. The number of benzene rings is 2. The molecule has 24 heavy (non-hydrogen) atoms. The summed E-state index contributed by atoms with van der Waals surface area (Å²) < 4.78 is 14.4. The lowest BCUT2D eigenvalue weighted by atomic mass is 10.1. The summed E-state index contributed by atoms with van der Waals surface area (Å²) in [5, 5.41) is 0.802. The molecule has 0 aromatic heterocycles. The van der Waals surface area contributed by atoms with Gasteiger partial charge in [0.05, 0.1) is 16.1 Å². The van der Waals surface area contributed by atoms with Gasteiger partial charge in [0.1, 0.15) is 12.0 Å². The molecule has 2 aromatic rings. The van der Waals surface area contributed by atoms with Crippen molar-refractivity contribution in [1.29, 1.82) is 0 Å². The standard InChI is InChI=1S/C18H15Cl2FN2O/c19-13-8-7-11(10-14(13)20)23-17(12-4-1-2-5-15(12)21)22-9-3-6-16(22)18(23)24/h1-2,4-5,7-8,10,16-17H,3,6,9H2/t16-,17+/m0/s1. The van der Waals surface area contributed by atoms with Gasteiger partial charge in [-0.2, -0.15) is 0 Å². The lowest BCUT2D eigenvalue weighted by Gasteiger charge is -2.30. The number of carbonyl (C=O) groups excluding carboxylic acids is 1. The molecular formula is C18H15Cl2FN2O. The summed E-state index contributed by atoms with van der Waals surface area (Å²) in [7, 11) is 0. The van der Waals surface area contributed by atoms with Gasteiger partial charge in [-0.15, -0.1) is 0 Å². The van der Waals surface area contributed by atoms with Gasteiger partial charge >= 0.3 is 0 Å². The highest BCUT2D eigenvalue weighted by atomic mass is 35.5. The molecule has 0 saturated carbocycles. The van der Waals surface area contributed by atoms with Crippen molar-refractivity contribution in [2.45, 2.75) is 25.0 Å². The second kappa shape index (κ2) is 6.03. The van der Waals surface area contributed by atoms with E-state index in [0.29, 0.717) is 21.3 Å². The van der Waals surface area contributed by atoms with Gasteiger partial charge in [-0.05, 0) is 37.1 Å². The van der Waals surface area contributed by atoms with Crippen LogP contribution in [0.2, 0.25) is 10.0 Å². The van der Waals surface area contributed by atoms with Gasteiger partial charge < -0.3 is 0 Å². The molecule has 3 nitrogen and oxygen atoms in total. The van der Waals surface area contributed by atoms with Crippen molar-refractivity contribution in [2.24, 2.45) is 0 Å². The summed E-state index contributed by atoms with van der Waals surface area (Å²) in [6, 6.07) is 11.5. The van der Waals surface area contributed by atoms with Gasteiger partial charge in [0.2, 0.25) is 5.91 Å². The van der Waals surface area contributed by atoms with Gasteiger partial charge in [0.25, 0.3) is 0 Å². The Morgan fingerprint density at radius 1 is 1.08 bits per heavy atom. The SMILES string of the molecule is O=C1[C@@H]2CCCN2[C@@H](c2ccccc2F)N1c1ccc(Cl)c(Cl)c1. The van der Waals surface area contributed by atoms with Crippen LogP contribution in [0.5, 0.6) is 0 Å². The molecule has 0 radical (unpaired) electrons. The number of hydrogen-bond acceptors (Lipinski definition) is 2. The third-order valence-corrected chi connectivity index (χ3v) is 5.48. The second-order valence-electron chi connectivity index (χ2n) is 6.10. The summed E-state index contributed by atoms with van der Waals surface area (Å²) in [6.07, 6.45) is 1.28. The topological polar surface area (TPSA) is 23.6 Å². The highest BCUT2D eigenvalue weighted by molar-refractivity contribution is 6.42. The highest BCUT2D eigenvalue weighted by Gasteiger charge is 2.50. The van der Waals surface area contributed by atoms with E-state index in [0.717, 1.165) is 19.4 Å². The molecule has 2 heterocycles. The number of halogens is 3. The van der Waals surface area contributed by atoms with E-state index in [2.05, 4.69) is 4.90 Å². The molecule has 2 fully saturated rings. The van der Waals surface area contributed by atoms with Crippen LogP contribution in [0.4, 0.5) is 10.1 Å². The average Bonchev–Trinajstić information content (AvgIpc) is 3.13. The van der Waals surface area contributed by atoms with Crippen LogP contribution in [0, 0.1) is 5.82 Å². The number of carbonyl (C=O) groups is 1. The Labute approximate surface area is 149 Å². The summed E-state index contributed by atoms with van der Waals surface area (Å²) in [4.78, 5) is 16.7. The molecule has 0 bridgehead atoms. The average molecular weight is 365 g/mol. The van der Waals surface area contributed by atoms with Gasteiger partial charge in [0.15, 0.2) is 0 Å². The van der Waals surface area contributed by atoms with E-state index in [1.54, 1.807) is 41.3 Å². The van der Waals surface area contributed by atoms with Gasteiger partial charge in [0, 0.05) is 17.8 Å². The molecule has 124 valence electrons. The Morgan fingerprint density at radius 3 is 2.62 bits per heavy atom. The lowest BCUT2D eigenvalue weighted by molar-refractivity contribution is -0.119. The summed E-state index contributed by atoms with van der Waals surface area (Å²) in [5.41, 5.74) is 1.14. The van der Waals surface area contributed by atoms with Crippen LogP contribution >= 0.6 is 23.2 Å². The number of fused-ring (bicyclic) bond motifs is 1. The van der Waals surface area contributed by atoms with E-state index in [-0.39, 0.29) is 17.8 Å². The number of anilines is 1. The Hall–Kier alpha value is -1.62. The minimum absolute atomic E-state index is 0.0147. The smallest absolute Gasteiger partial charge is 0.246 e. The Bertz CT molecular complexity index is 813. The Kier molecular flexibility index (Phi) is 3.99. The number of hydrogen-bond donors (Lipinski definition) is 0. The summed E-state index contributed by atoms with van der Waals surface area (Å²) >= 11 is 12.1. The van der Waals surface area contributed by atoms with Crippen LogP contribution in [0.3, 0.4) is 0 Å². The molecule has 0 spiro atoms. The molecule has 1 amide bonds. The monoisotopic (exact) mass is 364 g/mol. The largest absolute Gasteiger partial charge is 0.290 e. The maximum absolute atomic E-state index is 14.4. The quantitative estimate of drug-likeness (QED) is 0.774. The number of amides is 1. The fraction of sp³-hybridized carbons (Fsp3) is 0.278. The lowest BCUT2D eigenvalue weighted by Crippen LogP contribution is -2.32. The van der Waals surface area contributed by atoms with Crippen LogP contribution in [0.1, 0.15) is 24.6 Å². The van der Waals surface area contributed by atoms with E-state index >= 15 is 0 Å². The van der Waals surface area contributed by atoms with Crippen LogP contribution in [0.15, 0.2) is 42.5 Å². The summed E-state index contributed by atoms with van der Waals surface area (Å²) in [5.74, 6) is -0.327. The van der Waals surface area contributed by atoms with E-state index in [4.69, 9.17) is 23.2 Å². The van der Waals surface area contributed by atoms with Crippen LogP contribution < -0.4 is 4.90 Å². The summed E-state index contributed by atoms with van der Waals surface area (Å²) in [6.45, 7) is 0.771. The highest BCUT2D eigenvalue weighted by Crippen LogP contribution is 2.43.